The molecule has 0 aromatic heterocycles. The molecule has 0 N–H and O–H groups in total. The Bertz CT molecular complexity index is 356. The Hall–Kier alpha value is -0.490. The van der Waals surface area contributed by atoms with Crippen molar-refractivity contribution >= 4 is 11.6 Å². The topological polar surface area (TPSA) is 0 Å². The van der Waals surface area contributed by atoms with Gasteiger partial charge in [0.05, 0.1) is 0 Å². The molecule has 1 saturated carbocycles. The summed E-state index contributed by atoms with van der Waals surface area (Å²) in [5.41, 5.74) is 4.14. The van der Waals surface area contributed by atoms with Gasteiger partial charge in [-0.25, -0.2) is 0 Å². The third-order valence-electron chi connectivity index (χ3n) is 3.56. The predicted octanol–water partition coefficient (Wildman–Crippen LogP) is 4.11. The lowest BCUT2D eigenvalue weighted by molar-refractivity contribution is 0.681. The monoisotopic (exact) mass is 222 g/mol. The van der Waals surface area contributed by atoms with Gasteiger partial charge in [-0.1, -0.05) is 30.7 Å². The second kappa shape index (κ2) is 4.17. The summed E-state index contributed by atoms with van der Waals surface area (Å²) in [4.78, 5) is 0. The van der Waals surface area contributed by atoms with E-state index in [0.717, 1.165) is 18.3 Å². The fourth-order valence-corrected chi connectivity index (χ4v) is 2.75. The van der Waals surface area contributed by atoms with Gasteiger partial charge in [0.1, 0.15) is 0 Å². The summed E-state index contributed by atoms with van der Waals surface area (Å²) in [6, 6.07) is 6.64. The second-order valence-electron chi connectivity index (χ2n) is 5.03. The van der Waals surface area contributed by atoms with Crippen molar-refractivity contribution in [2.24, 2.45) is 11.8 Å². The van der Waals surface area contributed by atoms with Crippen LogP contribution in [0.5, 0.6) is 0 Å². The SMILES string of the molecule is Cc1ccc(C)c(CC(Cl)C2CC2C)c1. The van der Waals surface area contributed by atoms with E-state index in [0.29, 0.717) is 5.38 Å². The zero-order valence-electron chi connectivity index (χ0n) is 9.76. The average molecular weight is 223 g/mol. The summed E-state index contributed by atoms with van der Waals surface area (Å²) >= 11 is 6.43. The van der Waals surface area contributed by atoms with Crippen LogP contribution in [0.1, 0.15) is 30.0 Å². The van der Waals surface area contributed by atoms with Crippen LogP contribution in [0.25, 0.3) is 0 Å². The highest BCUT2D eigenvalue weighted by Gasteiger charge is 2.38. The number of aryl methyl sites for hydroxylation is 2. The van der Waals surface area contributed by atoms with Crippen LogP contribution in [0.2, 0.25) is 0 Å². The van der Waals surface area contributed by atoms with Crippen molar-refractivity contribution in [3.63, 3.8) is 0 Å². The van der Waals surface area contributed by atoms with Crippen molar-refractivity contribution in [1.82, 2.24) is 0 Å². The maximum absolute atomic E-state index is 6.43. The van der Waals surface area contributed by atoms with Crippen LogP contribution in [-0.4, -0.2) is 5.38 Å². The summed E-state index contributed by atoms with van der Waals surface area (Å²) in [5.74, 6) is 1.60. The Labute approximate surface area is 97.6 Å². The largest absolute Gasteiger partial charge is 0.122 e. The highest BCUT2D eigenvalue weighted by molar-refractivity contribution is 6.21. The van der Waals surface area contributed by atoms with Gasteiger partial charge >= 0.3 is 0 Å². The van der Waals surface area contributed by atoms with Crippen LogP contribution in [0.15, 0.2) is 18.2 Å². The molecule has 0 radical (unpaired) electrons. The van der Waals surface area contributed by atoms with Gasteiger partial charge in [-0.2, -0.15) is 0 Å². The summed E-state index contributed by atoms with van der Waals surface area (Å²) < 4.78 is 0. The Kier molecular flexibility index (Phi) is 3.06. The summed E-state index contributed by atoms with van der Waals surface area (Å²) in [6.45, 7) is 6.61. The first-order valence-corrected chi connectivity index (χ1v) is 6.22. The van der Waals surface area contributed by atoms with Crippen molar-refractivity contribution in [1.29, 1.82) is 0 Å². The van der Waals surface area contributed by atoms with Crippen molar-refractivity contribution in [3.8, 4) is 0 Å². The molecule has 1 aliphatic rings. The Morgan fingerprint density at radius 1 is 1.40 bits per heavy atom. The molecule has 1 fully saturated rings. The molecule has 3 unspecified atom stereocenters. The third kappa shape index (κ3) is 2.55. The molecule has 82 valence electrons. The number of alkyl halides is 1. The normalized spacial score (nSPS) is 26.4. The lowest BCUT2D eigenvalue weighted by Gasteiger charge is -2.11. The molecule has 1 heteroatoms. The molecule has 1 aromatic rings. The zero-order valence-corrected chi connectivity index (χ0v) is 10.5. The molecule has 2 rings (SSSR count). The fourth-order valence-electron chi connectivity index (χ4n) is 2.24. The Morgan fingerprint density at radius 2 is 2.07 bits per heavy atom. The first-order valence-electron chi connectivity index (χ1n) is 5.78. The molecule has 15 heavy (non-hydrogen) atoms. The maximum Gasteiger partial charge on any atom is 0.0407 e. The van der Waals surface area contributed by atoms with Gasteiger partial charge < -0.3 is 0 Å². The minimum absolute atomic E-state index is 0.334. The highest BCUT2D eigenvalue weighted by Crippen LogP contribution is 2.44. The highest BCUT2D eigenvalue weighted by atomic mass is 35.5. The van der Waals surface area contributed by atoms with Crippen molar-refractivity contribution in [3.05, 3.63) is 34.9 Å². The molecule has 1 aliphatic carbocycles. The first kappa shape index (κ1) is 11.0. The van der Waals surface area contributed by atoms with Gasteiger partial charge in [-0.05, 0) is 49.7 Å². The molecule has 1 aromatic carbocycles. The van der Waals surface area contributed by atoms with Crippen LogP contribution >= 0.6 is 11.6 Å². The maximum atomic E-state index is 6.43. The van der Waals surface area contributed by atoms with Gasteiger partial charge in [0, 0.05) is 5.38 Å². The Balaban J connectivity index is 2.06. The molecule has 0 bridgehead atoms. The van der Waals surface area contributed by atoms with E-state index >= 15 is 0 Å². The number of halogens is 1. The number of benzene rings is 1. The molecule has 3 atom stereocenters. The van der Waals surface area contributed by atoms with E-state index < -0.39 is 0 Å². The van der Waals surface area contributed by atoms with E-state index in [-0.39, 0.29) is 0 Å². The second-order valence-corrected chi connectivity index (χ2v) is 5.59. The van der Waals surface area contributed by atoms with E-state index in [1.807, 2.05) is 0 Å². The average Bonchev–Trinajstić information content (AvgIpc) is 2.89. The van der Waals surface area contributed by atoms with Gasteiger partial charge in [0.25, 0.3) is 0 Å². The van der Waals surface area contributed by atoms with E-state index in [1.54, 1.807) is 0 Å². The summed E-state index contributed by atoms with van der Waals surface area (Å²) in [7, 11) is 0. The zero-order chi connectivity index (χ0) is 11.0. The Morgan fingerprint density at radius 3 is 2.67 bits per heavy atom. The smallest absolute Gasteiger partial charge is 0.0407 e. The van der Waals surface area contributed by atoms with E-state index in [4.69, 9.17) is 11.6 Å². The van der Waals surface area contributed by atoms with Crippen molar-refractivity contribution in [2.45, 2.75) is 39.0 Å². The van der Waals surface area contributed by atoms with E-state index in [9.17, 15) is 0 Å². The number of hydrogen-bond donors (Lipinski definition) is 0. The number of rotatable bonds is 3. The van der Waals surface area contributed by atoms with Gasteiger partial charge in [-0.15, -0.1) is 11.6 Å². The predicted molar refractivity (Wildman–Crippen MR) is 66.5 cm³/mol. The molecule has 0 heterocycles. The van der Waals surface area contributed by atoms with E-state index in [1.165, 1.54) is 23.1 Å². The van der Waals surface area contributed by atoms with Crippen molar-refractivity contribution in [2.75, 3.05) is 0 Å². The molecular weight excluding hydrogens is 204 g/mol. The number of hydrogen-bond acceptors (Lipinski definition) is 0. The summed E-state index contributed by atoms with van der Waals surface area (Å²) in [6.07, 6.45) is 2.35. The van der Waals surface area contributed by atoms with Crippen molar-refractivity contribution < 1.29 is 0 Å². The molecule has 0 aliphatic heterocycles. The molecule has 0 spiro atoms. The first-order chi connectivity index (χ1) is 7.08. The fraction of sp³-hybridized carbons (Fsp3) is 0.571. The van der Waals surface area contributed by atoms with Gasteiger partial charge in [0.2, 0.25) is 0 Å². The minimum atomic E-state index is 0.334. The minimum Gasteiger partial charge on any atom is -0.122 e. The lowest BCUT2D eigenvalue weighted by atomic mass is 9.99. The van der Waals surface area contributed by atoms with Crippen LogP contribution in [-0.2, 0) is 6.42 Å². The van der Waals surface area contributed by atoms with Gasteiger partial charge in [-0.3, -0.25) is 0 Å². The van der Waals surface area contributed by atoms with Crippen LogP contribution in [0, 0.1) is 25.7 Å². The van der Waals surface area contributed by atoms with Crippen LogP contribution in [0.4, 0.5) is 0 Å². The lowest BCUT2D eigenvalue weighted by Crippen LogP contribution is -2.08. The molecule has 0 amide bonds. The molecule has 0 nitrogen and oxygen atoms in total. The standard InChI is InChI=1S/C14H19Cl/c1-9-4-5-10(2)12(6-9)8-14(15)13-7-11(13)3/h4-6,11,13-14H,7-8H2,1-3H3. The van der Waals surface area contributed by atoms with Crippen LogP contribution in [0.3, 0.4) is 0 Å². The van der Waals surface area contributed by atoms with E-state index in [2.05, 4.69) is 39.0 Å². The third-order valence-corrected chi connectivity index (χ3v) is 4.03. The quantitative estimate of drug-likeness (QED) is 0.676. The van der Waals surface area contributed by atoms with Gasteiger partial charge in [0.15, 0.2) is 0 Å². The molecular formula is C14H19Cl. The summed E-state index contributed by atoms with van der Waals surface area (Å²) in [5, 5.41) is 0.334. The molecule has 0 saturated heterocycles. The van der Waals surface area contributed by atoms with Crippen LogP contribution < -0.4 is 0 Å².